The van der Waals surface area contributed by atoms with Crippen molar-refractivity contribution in [2.24, 2.45) is 5.92 Å². The molecule has 1 heteroatoms. The molecule has 0 unspecified atom stereocenters. The first-order valence-corrected chi connectivity index (χ1v) is 7.04. The lowest BCUT2D eigenvalue weighted by atomic mass is 10.00. The molecule has 0 aromatic rings. The molecular formula is C15H29N. The second kappa shape index (κ2) is 7.89. The zero-order valence-electron chi connectivity index (χ0n) is 11.5. The van der Waals surface area contributed by atoms with Gasteiger partial charge in [0.1, 0.15) is 0 Å². The zero-order valence-corrected chi connectivity index (χ0v) is 11.5. The van der Waals surface area contributed by atoms with Gasteiger partial charge in [0.2, 0.25) is 0 Å². The lowest BCUT2D eigenvalue weighted by Crippen LogP contribution is -2.31. The van der Waals surface area contributed by atoms with E-state index in [1.807, 2.05) is 0 Å². The van der Waals surface area contributed by atoms with E-state index >= 15 is 0 Å². The summed E-state index contributed by atoms with van der Waals surface area (Å²) in [6.07, 6.45) is 10.7. The van der Waals surface area contributed by atoms with E-state index < -0.39 is 0 Å². The molecule has 0 radical (unpaired) electrons. The van der Waals surface area contributed by atoms with Gasteiger partial charge < -0.3 is 4.90 Å². The van der Waals surface area contributed by atoms with E-state index in [9.17, 15) is 0 Å². The quantitative estimate of drug-likeness (QED) is 0.609. The number of hydrogen-bond donors (Lipinski definition) is 0. The number of likely N-dealkylation sites (tertiary alicyclic amines) is 1. The predicted octanol–water partition coefficient (Wildman–Crippen LogP) is 4.24. The molecule has 94 valence electrons. The van der Waals surface area contributed by atoms with Crippen LogP contribution in [0.3, 0.4) is 0 Å². The highest BCUT2D eigenvalue weighted by Gasteiger charge is 2.10. The van der Waals surface area contributed by atoms with Crippen LogP contribution in [0.5, 0.6) is 0 Å². The zero-order chi connectivity index (χ0) is 11.8. The van der Waals surface area contributed by atoms with Crippen LogP contribution < -0.4 is 0 Å². The van der Waals surface area contributed by atoms with E-state index in [2.05, 4.69) is 31.7 Å². The molecule has 0 aromatic carbocycles. The number of rotatable bonds is 6. The van der Waals surface area contributed by atoms with Crippen molar-refractivity contribution < 1.29 is 0 Å². The van der Waals surface area contributed by atoms with Gasteiger partial charge in [-0.1, -0.05) is 25.0 Å². The Morgan fingerprint density at radius 3 is 2.44 bits per heavy atom. The van der Waals surface area contributed by atoms with E-state index in [4.69, 9.17) is 0 Å². The van der Waals surface area contributed by atoms with Crippen molar-refractivity contribution in [3.05, 3.63) is 11.6 Å². The third kappa shape index (κ3) is 6.32. The van der Waals surface area contributed by atoms with Gasteiger partial charge in [-0.2, -0.15) is 0 Å². The van der Waals surface area contributed by atoms with Crippen LogP contribution in [-0.4, -0.2) is 24.5 Å². The first kappa shape index (κ1) is 13.8. The molecule has 1 aliphatic rings. The Bertz CT molecular complexity index is 197. The third-order valence-corrected chi connectivity index (χ3v) is 3.60. The smallest absolute Gasteiger partial charge is 0.00162 e. The van der Waals surface area contributed by atoms with Crippen LogP contribution in [0.25, 0.3) is 0 Å². The molecule has 1 heterocycles. The minimum absolute atomic E-state index is 0.887. The van der Waals surface area contributed by atoms with Gasteiger partial charge >= 0.3 is 0 Å². The fourth-order valence-corrected chi connectivity index (χ4v) is 2.39. The van der Waals surface area contributed by atoms with Crippen LogP contribution in [0.2, 0.25) is 0 Å². The molecule has 1 rings (SSSR count). The molecule has 1 nitrogen and oxygen atoms in total. The van der Waals surface area contributed by atoms with Crippen molar-refractivity contribution in [1.82, 2.24) is 4.90 Å². The van der Waals surface area contributed by atoms with Gasteiger partial charge in [0.15, 0.2) is 0 Å². The lowest BCUT2D eigenvalue weighted by Gasteiger charge is -2.27. The summed E-state index contributed by atoms with van der Waals surface area (Å²) in [4.78, 5) is 2.65. The van der Waals surface area contributed by atoms with Crippen LogP contribution in [0, 0.1) is 5.92 Å². The molecule has 0 spiro atoms. The molecule has 1 saturated heterocycles. The van der Waals surface area contributed by atoms with Crippen LogP contribution in [-0.2, 0) is 0 Å². The standard InChI is InChI=1S/C15H29N/c1-14(2)8-7-9-15(3)10-13-16-11-5-4-6-12-16/h8,15H,4-7,9-13H2,1-3H3/t15-/m0/s1. The van der Waals surface area contributed by atoms with Crippen molar-refractivity contribution >= 4 is 0 Å². The Morgan fingerprint density at radius 2 is 1.81 bits per heavy atom. The summed E-state index contributed by atoms with van der Waals surface area (Å²) < 4.78 is 0. The normalized spacial score (nSPS) is 19.4. The first-order valence-electron chi connectivity index (χ1n) is 7.04. The van der Waals surface area contributed by atoms with Gasteiger partial charge in [0.25, 0.3) is 0 Å². The van der Waals surface area contributed by atoms with Crippen molar-refractivity contribution in [2.45, 2.75) is 59.3 Å². The van der Waals surface area contributed by atoms with Crippen molar-refractivity contribution in [3.63, 3.8) is 0 Å². The maximum Gasteiger partial charge on any atom is -0.00162 e. The highest BCUT2D eigenvalue weighted by Crippen LogP contribution is 2.15. The van der Waals surface area contributed by atoms with Crippen LogP contribution in [0.15, 0.2) is 11.6 Å². The highest BCUT2D eigenvalue weighted by molar-refractivity contribution is 4.92. The summed E-state index contributed by atoms with van der Waals surface area (Å²) in [6, 6.07) is 0. The fraction of sp³-hybridized carbons (Fsp3) is 0.867. The molecule has 0 N–H and O–H groups in total. The second-order valence-electron chi connectivity index (χ2n) is 5.65. The van der Waals surface area contributed by atoms with E-state index in [0.29, 0.717) is 0 Å². The van der Waals surface area contributed by atoms with Gasteiger partial charge in [-0.3, -0.25) is 0 Å². The van der Waals surface area contributed by atoms with Crippen molar-refractivity contribution in [3.8, 4) is 0 Å². The summed E-state index contributed by atoms with van der Waals surface area (Å²) in [7, 11) is 0. The summed E-state index contributed by atoms with van der Waals surface area (Å²) in [5.74, 6) is 0.887. The Labute approximate surface area is 102 Å². The van der Waals surface area contributed by atoms with Crippen LogP contribution in [0.1, 0.15) is 59.3 Å². The van der Waals surface area contributed by atoms with E-state index in [0.717, 1.165) is 5.92 Å². The Balaban J connectivity index is 2.04. The molecule has 0 aliphatic carbocycles. The van der Waals surface area contributed by atoms with Gasteiger partial charge in [0.05, 0.1) is 0 Å². The van der Waals surface area contributed by atoms with E-state index in [-0.39, 0.29) is 0 Å². The molecule has 0 bridgehead atoms. The van der Waals surface area contributed by atoms with E-state index in [1.54, 1.807) is 0 Å². The van der Waals surface area contributed by atoms with Gasteiger partial charge in [-0.25, -0.2) is 0 Å². The summed E-state index contributed by atoms with van der Waals surface area (Å²) in [5.41, 5.74) is 1.46. The Morgan fingerprint density at radius 1 is 1.12 bits per heavy atom. The fourth-order valence-electron chi connectivity index (χ4n) is 2.39. The minimum Gasteiger partial charge on any atom is -0.303 e. The topological polar surface area (TPSA) is 3.24 Å². The SMILES string of the molecule is CC(C)=CCC[C@H](C)CCN1CCCCC1. The van der Waals surface area contributed by atoms with Crippen molar-refractivity contribution in [2.75, 3.05) is 19.6 Å². The molecule has 0 aromatic heterocycles. The van der Waals surface area contributed by atoms with Gasteiger partial charge in [-0.05, 0) is 71.5 Å². The minimum atomic E-state index is 0.887. The maximum absolute atomic E-state index is 2.65. The molecule has 0 saturated carbocycles. The number of nitrogens with zero attached hydrogens (tertiary/aromatic N) is 1. The molecule has 16 heavy (non-hydrogen) atoms. The Hall–Kier alpha value is -0.300. The monoisotopic (exact) mass is 223 g/mol. The largest absolute Gasteiger partial charge is 0.303 e. The number of allylic oxidation sites excluding steroid dienone is 2. The number of hydrogen-bond acceptors (Lipinski definition) is 1. The predicted molar refractivity (Wildman–Crippen MR) is 72.7 cm³/mol. The molecule has 1 fully saturated rings. The second-order valence-corrected chi connectivity index (χ2v) is 5.65. The summed E-state index contributed by atoms with van der Waals surface area (Å²) in [5, 5.41) is 0. The maximum atomic E-state index is 2.65. The molecule has 1 aliphatic heterocycles. The third-order valence-electron chi connectivity index (χ3n) is 3.60. The van der Waals surface area contributed by atoms with Crippen LogP contribution >= 0.6 is 0 Å². The number of piperidine rings is 1. The molecule has 1 atom stereocenters. The lowest BCUT2D eigenvalue weighted by molar-refractivity contribution is 0.213. The molecule has 0 amide bonds. The molecular weight excluding hydrogens is 194 g/mol. The highest BCUT2D eigenvalue weighted by atomic mass is 15.1. The summed E-state index contributed by atoms with van der Waals surface area (Å²) >= 11 is 0. The van der Waals surface area contributed by atoms with E-state index in [1.165, 1.54) is 63.7 Å². The van der Waals surface area contributed by atoms with Crippen molar-refractivity contribution in [1.29, 1.82) is 0 Å². The average molecular weight is 223 g/mol. The first-order chi connectivity index (χ1) is 7.68. The summed E-state index contributed by atoms with van der Waals surface area (Å²) in [6.45, 7) is 10.8. The van der Waals surface area contributed by atoms with Crippen LogP contribution in [0.4, 0.5) is 0 Å². The van der Waals surface area contributed by atoms with Gasteiger partial charge in [-0.15, -0.1) is 0 Å². The average Bonchev–Trinajstić information content (AvgIpc) is 2.27. The Kier molecular flexibility index (Phi) is 6.79. The van der Waals surface area contributed by atoms with Gasteiger partial charge in [0, 0.05) is 0 Å².